The lowest BCUT2D eigenvalue weighted by Crippen LogP contribution is -2.61. The molecule has 4 heterocycles. The summed E-state index contributed by atoms with van der Waals surface area (Å²) >= 11 is 0. The van der Waals surface area contributed by atoms with Gasteiger partial charge in [0.1, 0.15) is 60.4 Å². The van der Waals surface area contributed by atoms with E-state index in [1.165, 1.54) is 47.3 Å². The first-order chi connectivity index (χ1) is 31.0. The molecule has 0 radical (unpaired) electrons. The molecule has 0 saturated carbocycles. The molecule has 0 aromatic carbocycles. The highest BCUT2D eigenvalue weighted by atomic mass is 16.4. The lowest BCUT2D eigenvalue weighted by atomic mass is 10.0. The van der Waals surface area contributed by atoms with Crippen molar-refractivity contribution < 1.29 is 68.4 Å². The molecule has 4 rings (SSSR count). The second-order valence-electron chi connectivity index (χ2n) is 18.0. The molecule has 4 saturated heterocycles. The molecule has 0 aromatic heterocycles. The van der Waals surface area contributed by atoms with Crippen molar-refractivity contribution in [2.75, 3.05) is 32.8 Å². The molecule has 0 bridgehead atoms. The predicted molar refractivity (Wildman–Crippen MR) is 231 cm³/mol. The largest absolute Gasteiger partial charge is 0.480 e. The quantitative estimate of drug-likeness (QED) is 0.0582. The first-order valence-corrected chi connectivity index (χ1v) is 22.7. The topological polar surface area (TPSA) is 351 Å². The first kappa shape index (κ1) is 53.2. The minimum atomic E-state index is -1.57. The van der Waals surface area contributed by atoms with E-state index >= 15 is 0 Å². The lowest BCUT2D eigenvalue weighted by Gasteiger charge is -2.35. The van der Waals surface area contributed by atoms with Crippen molar-refractivity contribution >= 4 is 59.1 Å². The molecule has 12 atom stereocenters. The van der Waals surface area contributed by atoms with Gasteiger partial charge in [-0.1, -0.05) is 13.8 Å². The number of aliphatic carboxylic acids is 1. The minimum Gasteiger partial charge on any atom is -0.480 e. The number of carboxylic acid groups (broad SMARTS) is 1. The summed E-state index contributed by atoms with van der Waals surface area (Å²) < 4.78 is 0. The van der Waals surface area contributed by atoms with Gasteiger partial charge in [-0.05, 0) is 85.0 Å². The zero-order valence-corrected chi connectivity index (χ0v) is 38.4. The Kier molecular flexibility index (Phi) is 18.8. The van der Waals surface area contributed by atoms with Gasteiger partial charge >= 0.3 is 5.97 Å². The van der Waals surface area contributed by atoms with Crippen LogP contribution in [-0.2, 0) is 47.9 Å². The third-order valence-corrected chi connectivity index (χ3v) is 12.7. The first-order valence-electron chi connectivity index (χ1n) is 22.7. The number of nitrogens with one attached hydrogen (secondary N) is 5. The van der Waals surface area contributed by atoms with Crippen LogP contribution in [0.2, 0.25) is 0 Å². The van der Waals surface area contributed by atoms with Crippen molar-refractivity contribution in [1.82, 2.24) is 46.2 Å². The van der Waals surface area contributed by atoms with Crippen LogP contribution in [0.3, 0.4) is 0 Å². The smallest absolute Gasteiger partial charge is 0.328 e. The van der Waals surface area contributed by atoms with Gasteiger partial charge in [-0.25, -0.2) is 4.79 Å². The summed E-state index contributed by atoms with van der Waals surface area (Å²) in [5, 5.41) is 51.0. The molecule has 24 nitrogen and oxygen atoms in total. The summed E-state index contributed by atoms with van der Waals surface area (Å²) in [6.45, 7) is 8.59. The van der Waals surface area contributed by atoms with Crippen molar-refractivity contribution in [3.05, 3.63) is 0 Å². The Bertz CT molecular complexity index is 1850. The molecule has 24 heteroatoms. The molecule has 0 spiro atoms. The molecule has 0 aliphatic carbocycles. The Labute approximate surface area is 383 Å². The van der Waals surface area contributed by atoms with Crippen molar-refractivity contribution in [1.29, 1.82) is 0 Å². The van der Waals surface area contributed by atoms with E-state index in [1.807, 2.05) is 0 Å². The molecular weight excluding hydrogens is 869 g/mol. The molecular formula is C42H68N10O14. The van der Waals surface area contributed by atoms with E-state index < -0.39 is 144 Å². The summed E-state index contributed by atoms with van der Waals surface area (Å²) in [5.74, 6) is -7.93. The van der Waals surface area contributed by atoms with Crippen molar-refractivity contribution in [3.63, 3.8) is 0 Å². The van der Waals surface area contributed by atoms with E-state index in [9.17, 15) is 63.3 Å². The van der Waals surface area contributed by atoms with Crippen LogP contribution in [0.15, 0.2) is 0 Å². The Morgan fingerprint density at radius 1 is 0.530 bits per heavy atom. The van der Waals surface area contributed by atoms with Crippen LogP contribution in [0.25, 0.3) is 0 Å². The zero-order chi connectivity index (χ0) is 49.3. The van der Waals surface area contributed by atoms with E-state index in [0.29, 0.717) is 32.1 Å². The number of rotatable bonds is 19. The fraction of sp³-hybridized carbons (Fsp3) is 0.762. The normalized spacial score (nSPS) is 24.3. The Balaban J connectivity index is 1.37. The Morgan fingerprint density at radius 2 is 0.985 bits per heavy atom. The van der Waals surface area contributed by atoms with Gasteiger partial charge in [0.15, 0.2) is 0 Å². The highest BCUT2D eigenvalue weighted by Gasteiger charge is 2.47. The maximum absolute atomic E-state index is 14.2. The SMILES string of the molecule is CC(C)[C@H](NC(=O)[C@@H](N)[C@@H](C)O)C(=O)N1CCC[C@H]1C(=O)N[C@H](C(=O)N[C@@H](C)C(=O)N1CCC[C@H]1C(=O)N1CCC[C@H]1C(=O)N1CCC[C@H]1C(=O)N[C@@H](C)C(=O)N[C@@H](CO)C(=O)O)[C@@H](C)O. The van der Waals surface area contributed by atoms with Gasteiger partial charge in [-0.3, -0.25) is 43.2 Å². The molecule has 4 aliphatic rings. The summed E-state index contributed by atoms with van der Waals surface area (Å²) in [5.41, 5.74) is 5.76. The van der Waals surface area contributed by atoms with E-state index in [0.717, 1.165) is 0 Å². The number of aliphatic hydroxyl groups is 3. The number of likely N-dealkylation sites (tertiary alicyclic amines) is 4. The number of nitrogens with zero attached hydrogens (tertiary/aromatic N) is 4. The summed E-state index contributed by atoms with van der Waals surface area (Å²) in [6, 6.07) is -11.9. The van der Waals surface area contributed by atoms with E-state index in [1.54, 1.807) is 13.8 Å². The Morgan fingerprint density at radius 3 is 1.47 bits per heavy atom. The Hall–Kier alpha value is -5.46. The van der Waals surface area contributed by atoms with Crippen molar-refractivity contribution in [2.45, 2.75) is 166 Å². The second-order valence-corrected chi connectivity index (χ2v) is 18.0. The molecule has 0 unspecified atom stereocenters. The van der Waals surface area contributed by atoms with E-state index in [-0.39, 0.29) is 45.4 Å². The van der Waals surface area contributed by atoms with E-state index in [4.69, 9.17) is 10.8 Å². The molecule has 0 aromatic rings. The maximum atomic E-state index is 14.2. The van der Waals surface area contributed by atoms with Gasteiger partial charge in [0.05, 0.1) is 18.8 Å². The average molecular weight is 937 g/mol. The van der Waals surface area contributed by atoms with Gasteiger partial charge in [0, 0.05) is 26.2 Å². The highest BCUT2D eigenvalue weighted by molar-refractivity contribution is 5.99. The van der Waals surface area contributed by atoms with Crippen LogP contribution in [0, 0.1) is 5.92 Å². The van der Waals surface area contributed by atoms with Gasteiger partial charge in [0.25, 0.3) is 0 Å². The number of hydrogen-bond acceptors (Lipinski definition) is 14. The van der Waals surface area contributed by atoms with Gasteiger partial charge in [-0.15, -0.1) is 0 Å². The number of hydrogen-bond donors (Lipinski definition) is 10. The number of carbonyl (C=O) groups is 10. The monoisotopic (exact) mass is 936 g/mol. The third-order valence-electron chi connectivity index (χ3n) is 12.7. The zero-order valence-electron chi connectivity index (χ0n) is 38.4. The van der Waals surface area contributed by atoms with Crippen molar-refractivity contribution in [2.24, 2.45) is 11.7 Å². The number of carboxylic acids is 1. The van der Waals surface area contributed by atoms with Crippen molar-refractivity contribution in [3.8, 4) is 0 Å². The molecule has 66 heavy (non-hydrogen) atoms. The number of amides is 9. The van der Waals surface area contributed by atoms with Crippen LogP contribution >= 0.6 is 0 Å². The molecule has 4 fully saturated rings. The summed E-state index contributed by atoms with van der Waals surface area (Å²) in [6.07, 6.45) is 0.234. The standard InChI is InChI=1S/C42H68N10O14/c1-20(2)31(47-36(59)30(43)23(5)54)41(64)50-16-8-12-27(50)35(58)48-32(24(6)55)37(60)45-22(4)38(61)51-17-9-13-28(51)40(63)52-18-10-14-29(52)39(62)49-15-7-11-26(49)34(57)44-21(3)33(56)46-25(19-53)42(65)66/h20-32,53-55H,7-19,43H2,1-6H3,(H,44,57)(H,45,60)(H,46,56)(H,47,59)(H,48,58)(H,65,66)/t21-,22-,23+,24+,25-,26-,27-,28-,29-,30-,31-,32-/m0/s1. The molecule has 4 aliphatic heterocycles. The highest BCUT2D eigenvalue weighted by Crippen LogP contribution is 2.29. The number of nitrogens with two attached hydrogens (primary N) is 1. The average Bonchev–Trinajstić information content (AvgIpc) is 4.11. The molecule has 11 N–H and O–H groups in total. The predicted octanol–water partition coefficient (Wildman–Crippen LogP) is -4.76. The van der Waals surface area contributed by atoms with Gasteiger partial charge < -0.3 is 72.3 Å². The van der Waals surface area contributed by atoms with Crippen LogP contribution < -0.4 is 32.3 Å². The van der Waals surface area contributed by atoms with Gasteiger partial charge in [0.2, 0.25) is 53.2 Å². The van der Waals surface area contributed by atoms with Crippen LogP contribution in [0.4, 0.5) is 0 Å². The summed E-state index contributed by atoms with van der Waals surface area (Å²) in [4.78, 5) is 138. The van der Waals surface area contributed by atoms with E-state index in [2.05, 4.69) is 26.6 Å². The van der Waals surface area contributed by atoms with Crippen LogP contribution in [0.1, 0.15) is 92.9 Å². The van der Waals surface area contributed by atoms with Crippen LogP contribution in [0.5, 0.6) is 0 Å². The third kappa shape index (κ3) is 12.5. The molecule has 9 amide bonds. The maximum Gasteiger partial charge on any atom is 0.328 e. The second kappa shape index (κ2) is 23.3. The van der Waals surface area contributed by atoms with Crippen LogP contribution in [-0.4, -0.2) is 205 Å². The lowest BCUT2D eigenvalue weighted by molar-refractivity contribution is -0.151. The summed E-state index contributed by atoms with van der Waals surface area (Å²) in [7, 11) is 0. The fourth-order valence-electron chi connectivity index (χ4n) is 8.85. The van der Waals surface area contributed by atoms with Gasteiger partial charge in [-0.2, -0.15) is 0 Å². The number of carbonyl (C=O) groups excluding carboxylic acids is 9. The fourth-order valence-corrected chi connectivity index (χ4v) is 8.85. The number of aliphatic hydroxyl groups excluding tert-OH is 3. The molecule has 370 valence electrons. The minimum absolute atomic E-state index is 0.165.